The number of carbonyl (C=O) groups excluding carboxylic acids is 1. The zero-order valence-electron chi connectivity index (χ0n) is 13.3. The average molecular weight is 298 g/mol. The molecule has 0 radical (unpaired) electrons. The molecule has 5 heteroatoms. The first-order chi connectivity index (χ1) is 9.72. The average Bonchev–Trinajstić information content (AvgIpc) is 2.40. The molecule has 0 heterocycles. The molecule has 2 atom stereocenters. The van der Waals surface area contributed by atoms with E-state index in [4.69, 9.17) is 0 Å². The zero-order chi connectivity index (χ0) is 16.2. The summed E-state index contributed by atoms with van der Waals surface area (Å²) in [6.07, 6.45) is 0. The van der Waals surface area contributed by atoms with Crippen LogP contribution in [0.4, 0.5) is 8.78 Å². The van der Waals surface area contributed by atoms with Crippen LogP contribution < -0.4 is 5.32 Å². The molecule has 0 aromatic heterocycles. The number of hydrogen-bond acceptors (Lipinski definition) is 2. The second kappa shape index (κ2) is 7.50. The molecule has 1 aromatic rings. The Hall–Kier alpha value is -1.49. The second-order valence-electron chi connectivity index (χ2n) is 5.86. The van der Waals surface area contributed by atoms with Gasteiger partial charge < -0.3 is 5.32 Å². The Morgan fingerprint density at radius 2 is 1.81 bits per heavy atom. The quantitative estimate of drug-likeness (QED) is 0.875. The number of rotatable bonds is 6. The molecule has 0 aliphatic carbocycles. The summed E-state index contributed by atoms with van der Waals surface area (Å²) >= 11 is 0. The molecule has 1 aromatic carbocycles. The molecule has 0 saturated carbocycles. The van der Waals surface area contributed by atoms with E-state index in [-0.39, 0.29) is 24.5 Å². The van der Waals surface area contributed by atoms with Gasteiger partial charge in [0, 0.05) is 12.1 Å². The highest BCUT2D eigenvalue weighted by Gasteiger charge is 2.18. The highest BCUT2D eigenvalue weighted by atomic mass is 19.2. The van der Waals surface area contributed by atoms with Crippen molar-refractivity contribution in [3.05, 3.63) is 35.4 Å². The number of nitrogens with one attached hydrogen (secondary N) is 1. The van der Waals surface area contributed by atoms with Crippen LogP contribution in [0.5, 0.6) is 0 Å². The van der Waals surface area contributed by atoms with Gasteiger partial charge in [-0.15, -0.1) is 0 Å². The van der Waals surface area contributed by atoms with Crippen molar-refractivity contribution in [1.82, 2.24) is 10.2 Å². The molecule has 0 bridgehead atoms. The lowest BCUT2D eigenvalue weighted by atomic mass is 10.1. The maximum Gasteiger partial charge on any atom is 0.234 e. The third-order valence-corrected chi connectivity index (χ3v) is 3.87. The summed E-state index contributed by atoms with van der Waals surface area (Å²) in [6, 6.07) is 3.74. The van der Waals surface area contributed by atoms with Crippen LogP contribution in [0.1, 0.15) is 39.3 Å². The SMILES string of the molecule is CC(C)C(C)NC(=O)CN(C)C(C)c1ccc(F)c(F)c1. The molecule has 1 amide bonds. The van der Waals surface area contributed by atoms with Crippen molar-refractivity contribution >= 4 is 5.91 Å². The van der Waals surface area contributed by atoms with Crippen molar-refractivity contribution in [1.29, 1.82) is 0 Å². The first-order valence-electron chi connectivity index (χ1n) is 7.17. The molecule has 0 saturated heterocycles. The van der Waals surface area contributed by atoms with E-state index in [1.54, 1.807) is 11.9 Å². The molecule has 0 aliphatic rings. The standard InChI is InChI=1S/C16H24F2N2O/c1-10(2)11(3)19-16(21)9-20(5)12(4)13-6-7-14(17)15(18)8-13/h6-8,10-12H,9H2,1-5H3,(H,19,21). The van der Waals surface area contributed by atoms with Gasteiger partial charge >= 0.3 is 0 Å². The van der Waals surface area contributed by atoms with E-state index < -0.39 is 11.6 Å². The lowest BCUT2D eigenvalue weighted by Gasteiger charge is -2.26. The molecule has 0 spiro atoms. The van der Waals surface area contributed by atoms with Gasteiger partial charge in [0.2, 0.25) is 5.91 Å². The lowest BCUT2D eigenvalue weighted by molar-refractivity contribution is -0.123. The monoisotopic (exact) mass is 298 g/mol. The number of nitrogens with zero attached hydrogens (tertiary/aromatic N) is 1. The van der Waals surface area contributed by atoms with Crippen molar-refractivity contribution in [3.63, 3.8) is 0 Å². The van der Waals surface area contributed by atoms with Gasteiger partial charge in [-0.1, -0.05) is 19.9 Å². The highest BCUT2D eigenvalue weighted by Crippen LogP contribution is 2.20. The Kier molecular flexibility index (Phi) is 6.27. The van der Waals surface area contributed by atoms with E-state index in [1.165, 1.54) is 12.1 Å². The van der Waals surface area contributed by atoms with Crippen LogP contribution in [0.15, 0.2) is 18.2 Å². The lowest BCUT2D eigenvalue weighted by Crippen LogP contribution is -2.42. The number of amides is 1. The summed E-state index contributed by atoms with van der Waals surface area (Å²) < 4.78 is 26.2. The maximum atomic E-state index is 13.3. The molecule has 0 fully saturated rings. The van der Waals surface area contributed by atoms with E-state index in [2.05, 4.69) is 5.32 Å². The summed E-state index contributed by atoms with van der Waals surface area (Å²) in [5, 5.41) is 2.92. The Morgan fingerprint density at radius 1 is 1.19 bits per heavy atom. The first kappa shape index (κ1) is 17.6. The van der Waals surface area contributed by atoms with E-state index in [1.807, 2.05) is 27.7 Å². The summed E-state index contributed by atoms with van der Waals surface area (Å²) in [5.41, 5.74) is 0.640. The van der Waals surface area contributed by atoms with Gasteiger partial charge in [-0.3, -0.25) is 9.69 Å². The molecule has 2 unspecified atom stereocenters. The fourth-order valence-electron chi connectivity index (χ4n) is 1.86. The van der Waals surface area contributed by atoms with Crippen molar-refractivity contribution in [2.24, 2.45) is 5.92 Å². The highest BCUT2D eigenvalue weighted by molar-refractivity contribution is 5.78. The van der Waals surface area contributed by atoms with Crippen LogP contribution in [0, 0.1) is 17.6 Å². The van der Waals surface area contributed by atoms with E-state index in [9.17, 15) is 13.6 Å². The van der Waals surface area contributed by atoms with Gasteiger partial charge in [-0.05, 0) is 44.5 Å². The minimum absolute atomic E-state index is 0.0758. The normalized spacial score (nSPS) is 14.3. The van der Waals surface area contributed by atoms with Crippen LogP contribution in [0.2, 0.25) is 0 Å². The van der Waals surface area contributed by atoms with Crippen molar-refractivity contribution < 1.29 is 13.6 Å². The number of halogens is 2. The fraction of sp³-hybridized carbons (Fsp3) is 0.562. The number of carbonyl (C=O) groups is 1. The molecule has 0 aliphatic heterocycles. The fourth-order valence-corrected chi connectivity index (χ4v) is 1.86. The van der Waals surface area contributed by atoms with Crippen molar-refractivity contribution in [3.8, 4) is 0 Å². The van der Waals surface area contributed by atoms with Gasteiger partial charge in [0.05, 0.1) is 6.54 Å². The van der Waals surface area contributed by atoms with E-state index in [0.29, 0.717) is 11.5 Å². The molecule has 3 nitrogen and oxygen atoms in total. The van der Waals surface area contributed by atoms with Gasteiger partial charge in [-0.2, -0.15) is 0 Å². The Balaban J connectivity index is 2.63. The molecular formula is C16H24F2N2O. The molecule has 21 heavy (non-hydrogen) atoms. The van der Waals surface area contributed by atoms with Crippen LogP contribution in [-0.2, 0) is 4.79 Å². The van der Waals surface area contributed by atoms with Crippen LogP contribution >= 0.6 is 0 Å². The topological polar surface area (TPSA) is 32.3 Å². The van der Waals surface area contributed by atoms with Gasteiger partial charge in [0.25, 0.3) is 0 Å². The zero-order valence-corrected chi connectivity index (χ0v) is 13.3. The Labute approximate surface area is 125 Å². The van der Waals surface area contributed by atoms with Crippen LogP contribution in [-0.4, -0.2) is 30.4 Å². The van der Waals surface area contributed by atoms with Gasteiger partial charge in [0.1, 0.15) is 0 Å². The third-order valence-electron chi connectivity index (χ3n) is 3.87. The Morgan fingerprint density at radius 3 is 2.33 bits per heavy atom. The smallest absolute Gasteiger partial charge is 0.234 e. The first-order valence-corrected chi connectivity index (χ1v) is 7.17. The van der Waals surface area contributed by atoms with Crippen molar-refractivity contribution in [2.75, 3.05) is 13.6 Å². The molecule has 1 N–H and O–H groups in total. The largest absolute Gasteiger partial charge is 0.352 e. The predicted octanol–water partition coefficient (Wildman–Crippen LogP) is 3.12. The summed E-state index contributed by atoms with van der Waals surface area (Å²) in [7, 11) is 1.78. The van der Waals surface area contributed by atoms with Crippen LogP contribution in [0.25, 0.3) is 0 Å². The van der Waals surface area contributed by atoms with Gasteiger partial charge in [0.15, 0.2) is 11.6 Å². The predicted molar refractivity (Wildman–Crippen MR) is 79.8 cm³/mol. The number of hydrogen-bond donors (Lipinski definition) is 1. The summed E-state index contributed by atoms with van der Waals surface area (Å²) in [5.74, 6) is -1.45. The van der Waals surface area contributed by atoms with Crippen LogP contribution in [0.3, 0.4) is 0 Å². The third kappa shape index (κ3) is 5.08. The number of likely N-dealkylation sites (N-methyl/N-ethyl adjacent to an activating group) is 1. The second-order valence-corrected chi connectivity index (χ2v) is 5.86. The van der Waals surface area contributed by atoms with E-state index in [0.717, 1.165) is 6.07 Å². The number of benzene rings is 1. The summed E-state index contributed by atoms with van der Waals surface area (Å²) in [4.78, 5) is 13.7. The van der Waals surface area contributed by atoms with Crippen molar-refractivity contribution in [2.45, 2.75) is 39.8 Å². The Bertz CT molecular complexity index is 491. The van der Waals surface area contributed by atoms with Gasteiger partial charge in [-0.25, -0.2) is 8.78 Å². The summed E-state index contributed by atoms with van der Waals surface area (Å²) in [6.45, 7) is 8.10. The van der Waals surface area contributed by atoms with E-state index >= 15 is 0 Å². The molecule has 118 valence electrons. The minimum Gasteiger partial charge on any atom is -0.352 e. The minimum atomic E-state index is -0.870. The molecule has 1 rings (SSSR count). The molecular weight excluding hydrogens is 274 g/mol. The maximum absolute atomic E-state index is 13.3.